The maximum Gasteiger partial charge on any atom is 0.258 e. The Bertz CT molecular complexity index is 946. The summed E-state index contributed by atoms with van der Waals surface area (Å²) < 4.78 is 15.2. The first-order valence-corrected chi connectivity index (χ1v) is 8.88. The number of nitrogen functional groups attached to an aromatic ring is 1. The van der Waals surface area contributed by atoms with Crippen LogP contribution in [0.1, 0.15) is 29.3 Å². The molecule has 1 aromatic carbocycles. The molecule has 136 valence electrons. The molecular weight excluding hydrogens is 355 g/mol. The third-order valence-corrected chi connectivity index (χ3v) is 6.02. The molecule has 2 heterocycles. The molecule has 0 bridgehead atoms. The van der Waals surface area contributed by atoms with Gasteiger partial charge in [-0.2, -0.15) is 0 Å². The molecule has 1 aromatic heterocycles. The van der Waals surface area contributed by atoms with Crippen molar-refractivity contribution in [3.05, 3.63) is 40.3 Å². The zero-order valence-corrected chi connectivity index (χ0v) is 15.6. The van der Waals surface area contributed by atoms with E-state index in [-0.39, 0.29) is 22.2 Å². The number of fused-ring (bicyclic) bond motifs is 2. The molecule has 1 aliphatic carbocycles. The number of aromatic nitrogens is 1. The van der Waals surface area contributed by atoms with E-state index in [1.807, 2.05) is 0 Å². The van der Waals surface area contributed by atoms with Crippen LogP contribution >= 0.6 is 11.6 Å². The van der Waals surface area contributed by atoms with Crippen molar-refractivity contribution in [2.75, 3.05) is 31.7 Å². The van der Waals surface area contributed by atoms with Crippen molar-refractivity contribution >= 4 is 29.0 Å². The maximum absolute atomic E-state index is 15.2. The fourth-order valence-electron chi connectivity index (χ4n) is 3.92. The van der Waals surface area contributed by atoms with Gasteiger partial charge in [-0.3, -0.25) is 4.79 Å². The van der Waals surface area contributed by atoms with Crippen LogP contribution in [0.15, 0.2) is 18.3 Å². The summed E-state index contributed by atoms with van der Waals surface area (Å²) in [7, 11) is 3.11. The van der Waals surface area contributed by atoms with Gasteiger partial charge in [0, 0.05) is 54.6 Å². The molecule has 1 aliphatic heterocycles. The molecule has 0 radical (unpaired) electrons. The number of nitrogens with one attached hydrogen (secondary N) is 1. The standard InChI is InChI=1S/C19H20ClFN4O/c1-9-6-19(9)8-24-17-14(19)15(20)11(7-23-17)10-4-5-12(22)13(16(10)21)18(26)25(2)3/h4-5,7,9H,6,8,22H2,1-3H3,(H,23,24)/t9-,19+/m1/s1. The molecule has 5 nitrogen and oxygen atoms in total. The van der Waals surface area contributed by atoms with Crippen molar-refractivity contribution in [1.29, 1.82) is 0 Å². The van der Waals surface area contributed by atoms with Crippen LogP contribution in [-0.4, -0.2) is 36.4 Å². The normalized spacial score (nSPS) is 22.9. The number of pyridine rings is 1. The van der Waals surface area contributed by atoms with Gasteiger partial charge < -0.3 is 16.0 Å². The second kappa shape index (κ2) is 5.58. The van der Waals surface area contributed by atoms with Gasteiger partial charge in [0.15, 0.2) is 0 Å². The van der Waals surface area contributed by atoms with E-state index in [1.165, 1.54) is 11.0 Å². The van der Waals surface area contributed by atoms with Crippen LogP contribution in [0, 0.1) is 11.7 Å². The molecular formula is C19H20ClFN4O. The number of halogens is 2. The third-order valence-electron chi connectivity index (χ3n) is 5.62. The molecule has 0 unspecified atom stereocenters. The lowest BCUT2D eigenvalue weighted by Crippen LogP contribution is -2.24. The van der Waals surface area contributed by atoms with Crippen molar-refractivity contribution in [3.8, 4) is 11.1 Å². The summed E-state index contributed by atoms with van der Waals surface area (Å²) in [5.41, 5.74) is 7.49. The SMILES string of the molecule is C[C@@H]1C[C@]12CNc1ncc(-c3ccc(N)c(C(=O)N(C)C)c3F)c(Cl)c12. The molecule has 2 atom stereocenters. The highest BCUT2D eigenvalue weighted by molar-refractivity contribution is 6.34. The van der Waals surface area contributed by atoms with Crippen LogP contribution in [0.5, 0.6) is 0 Å². The van der Waals surface area contributed by atoms with Crippen molar-refractivity contribution in [3.63, 3.8) is 0 Å². The zero-order valence-electron chi connectivity index (χ0n) is 14.9. The van der Waals surface area contributed by atoms with Gasteiger partial charge >= 0.3 is 0 Å². The molecule has 2 aliphatic rings. The minimum Gasteiger partial charge on any atom is -0.398 e. The number of rotatable bonds is 2. The van der Waals surface area contributed by atoms with Crippen LogP contribution in [0.2, 0.25) is 5.02 Å². The minimum absolute atomic E-state index is 0.0119. The van der Waals surface area contributed by atoms with E-state index in [0.717, 1.165) is 24.3 Å². The van der Waals surface area contributed by atoms with Gasteiger partial charge in [-0.05, 0) is 24.5 Å². The molecule has 1 amide bonds. The zero-order chi connectivity index (χ0) is 18.8. The first-order chi connectivity index (χ1) is 12.3. The average molecular weight is 375 g/mol. The fourth-order valence-corrected chi connectivity index (χ4v) is 4.35. The highest BCUT2D eigenvalue weighted by Crippen LogP contribution is 2.61. The number of hydrogen-bond acceptors (Lipinski definition) is 4. The topological polar surface area (TPSA) is 71.2 Å². The molecule has 4 rings (SSSR count). The molecule has 3 N–H and O–H groups in total. The summed E-state index contributed by atoms with van der Waals surface area (Å²) in [5.74, 6) is 0.119. The Morgan fingerprint density at radius 1 is 1.42 bits per heavy atom. The first kappa shape index (κ1) is 17.1. The van der Waals surface area contributed by atoms with Crippen molar-refractivity contribution < 1.29 is 9.18 Å². The molecule has 2 aromatic rings. The molecule has 1 fully saturated rings. The monoisotopic (exact) mass is 374 g/mol. The molecule has 1 saturated carbocycles. The van der Waals surface area contributed by atoms with Crippen LogP contribution in [-0.2, 0) is 5.41 Å². The highest BCUT2D eigenvalue weighted by atomic mass is 35.5. The number of hydrogen-bond donors (Lipinski definition) is 2. The lowest BCUT2D eigenvalue weighted by Gasteiger charge is -2.17. The lowest BCUT2D eigenvalue weighted by atomic mass is 9.93. The summed E-state index contributed by atoms with van der Waals surface area (Å²) >= 11 is 6.71. The highest BCUT2D eigenvalue weighted by Gasteiger charge is 2.57. The van der Waals surface area contributed by atoms with Crippen LogP contribution < -0.4 is 11.1 Å². The first-order valence-electron chi connectivity index (χ1n) is 8.50. The van der Waals surface area contributed by atoms with Gasteiger partial charge in [0.05, 0.1) is 10.6 Å². The Morgan fingerprint density at radius 2 is 2.12 bits per heavy atom. The number of carbonyl (C=O) groups is 1. The fraction of sp³-hybridized carbons (Fsp3) is 0.368. The second-order valence-corrected chi connectivity index (χ2v) is 7.79. The Kier molecular flexibility index (Phi) is 3.67. The van der Waals surface area contributed by atoms with E-state index < -0.39 is 11.7 Å². The lowest BCUT2D eigenvalue weighted by molar-refractivity contribution is 0.0824. The van der Waals surface area contributed by atoms with Gasteiger partial charge in [0.2, 0.25) is 0 Å². The molecule has 26 heavy (non-hydrogen) atoms. The molecule has 1 spiro atoms. The van der Waals surface area contributed by atoms with E-state index in [0.29, 0.717) is 16.5 Å². The van der Waals surface area contributed by atoms with Crippen LogP contribution in [0.3, 0.4) is 0 Å². The summed E-state index contributed by atoms with van der Waals surface area (Å²) in [6.45, 7) is 2.98. The smallest absolute Gasteiger partial charge is 0.258 e. The number of nitrogens with zero attached hydrogens (tertiary/aromatic N) is 2. The number of anilines is 2. The van der Waals surface area contributed by atoms with Crippen molar-refractivity contribution in [2.45, 2.75) is 18.8 Å². The summed E-state index contributed by atoms with van der Waals surface area (Å²) in [5, 5.41) is 3.80. The van der Waals surface area contributed by atoms with E-state index >= 15 is 4.39 Å². The van der Waals surface area contributed by atoms with Crippen molar-refractivity contribution in [1.82, 2.24) is 9.88 Å². The van der Waals surface area contributed by atoms with Gasteiger partial charge in [-0.1, -0.05) is 18.5 Å². The average Bonchev–Trinajstić information content (AvgIpc) is 3.07. The third kappa shape index (κ3) is 2.21. The van der Waals surface area contributed by atoms with E-state index in [9.17, 15) is 4.79 Å². The van der Waals surface area contributed by atoms with Gasteiger partial charge in [0.1, 0.15) is 11.6 Å². The number of nitrogens with two attached hydrogens (primary N) is 1. The Hall–Kier alpha value is -2.34. The van der Waals surface area contributed by atoms with Crippen LogP contribution in [0.25, 0.3) is 11.1 Å². The van der Waals surface area contributed by atoms with Gasteiger partial charge in [-0.25, -0.2) is 9.37 Å². The minimum atomic E-state index is -0.670. The summed E-state index contributed by atoms with van der Waals surface area (Å²) in [6, 6.07) is 3.09. The van der Waals surface area contributed by atoms with Crippen molar-refractivity contribution in [2.24, 2.45) is 5.92 Å². The number of carbonyl (C=O) groups excluding carboxylic acids is 1. The Labute approximate surface area is 156 Å². The maximum atomic E-state index is 15.2. The predicted octanol–water partition coefficient (Wildman–Crippen LogP) is 3.53. The van der Waals surface area contributed by atoms with E-state index in [4.69, 9.17) is 17.3 Å². The summed E-state index contributed by atoms with van der Waals surface area (Å²) in [4.78, 5) is 18.1. The largest absolute Gasteiger partial charge is 0.398 e. The predicted molar refractivity (Wildman–Crippen MR) is 101 cm³/mol. The van der Waals surface area contributed by atoms with Gasteiger partial charge in [0.25, 0.3) is 5.91 Å². The van der Waals surface area contributed by atoms with E-state index in [1.54, 1.807) is 26.4 Å². The second-order valence-electron chi connectivity index (χ2n) is 7.42. The summed E-state index contributed by atoms with van der Waals surface area (Å²) in [6.07, 6.45) is 2.59. The number of amides is 1. The van der Waals surface area contributed by atoms with E-state index in [2.05, 4.69) is 17.2 Å². The van der Waals surface area contributed by atoms with Crippen LogP contribution in [0.4, 0.5) is 15.9 Å². The molecule has 0 saturated heterocycles. The Balaban J connectivity index is 1.90. The van der Waals surface area contributed by atoms with Gasteiger partial charge in [-0.15, -0.1) is 0 Å². The Morgan fingerprint density at radius 3 is 2.73 bits per heavy atom. The quantitative estimate of drug-likeness (QED) is 0.789. The number of benzene rings is 1. The molecule has 7 heteroatoms.